The fourth-order valence-electron chi connectivity index (χ4n) is 1.60. The van der Waals surface area contributed by atoms with Crippen molar-refractivity contribution in [1.29, 1.82) is 0 Å². The molecule has 10 heteroatoms. The summed E-state index contributed by atoms with van der Waals surface area (Å²) < 4.78 is 0.674. The van der Waals surface area contributed by atoms with Crippen LogP contribution < -0.4 is 10.6 Å². The largest absolute Gasteiger partial charge is 0.357 e. The Hall–Kier alpha value is -2.46. The summed E-state index contributed by atoms with van der Waals surface area (Å²) in [6.07, 6.45) is 1.72. The van der Waals surface area contributed by atoms with Crippen molar-refractivity contribution in [3.8, 4) is 0 Å². The normalized spacial score (nSPS) is 11.5. The molecule has 1 aromatic heterocycles. The molecule has 0 radical (unpaired) electrons. The summed E-state index contributed by atoms with van der Waals surface area (Å²) >= 11 is 2.65. The third-order valence-electron chi connectivity index (χ3n) is 2.80. The van der Waals surface area contributed by atoms with Gasteiger partial charge in [-0.15, -0.1) is 16.8 Å². The van der Waals surface area contributed by atoms with Crippen LogP contribution in [-0.2, 0) is 4.79 Å². The van der Waals surface area contributed by atoms with Crippen molar-refractivity contribution < 1.29 is 9.72 Å². The lowest BCUT2D eigenvalue weighted by molar-refractivity contribution is -0.384. The molecule has 0 saturated heterocycles. The molecule has 8 nitrogen and oxygen atoms in total. The van der Waals surface area contributed by atoms with Crippen molar-refractivity contribution in [2.45, 2.75) is 16.5 Å². The standard InChI is InChI=1S/C14H15N5O3S2/c1-3-8-15-13-17-18-14(24-13)23-9(2)12(20)16-10-4-6-11(7-5-10)19(21)22/h3-7,9H,1,8H2,2H3,(H,15,17)(H,16,20). The van der Waals surface area contributed by atoms with E-state index in [0.29, 0.717) is 21.7 Å². The topological polar surface area (TPSA) is 110 Å². The summed E-state index contributed by atoms with van der Waals surface area (Å²) in [7, 11) is 0. The van der Waals surface area contributed by atoms with Crippen LogP contribution in [0, 0.1) is 10.1 Å². The second kappa shape index (κ2) is 8.41. The van der Waals surface area contributed by atoms with Crippen molar-refractivity contribution >= 4 is 45.5 Å². The van der Waals surface area contributed by atoms with Crippen LogP contribution in [0.2, 0.25) is 0 Å². The van der Waals surface area contributed by atoms with E-state index in [0.717, 1.165) is 0 Å². The van der Waals surface area contributed by atoms with Gasteiger partial charge in [0.1, 0.15) is 0 Å². The van der Waals surface area contributed by atoms with Crippen molar-refractivity contribution in [1.82, 2.24) is 10.2 Å². The molecule has 126 valence electrons. The smallest absolute Gasteiger partial charge is 0.269 e. The predicted molar refractivity (Wildman–Crippen MR) is 95.6 cm³/mol. The number of nitro groups is 1. The third-order valence-corrected chi connectivity index (χ3v) is 4.86. The highest BCUT2D eigenvalue weighted by molar-refractivity contribution is 8.02. The van der Waals surface area contributed by atoms with E-state index < -0.39 is 4.92 Å². The monoisotopic (exact) mass is 365 g/mol. The molecule has 1 aromatic carbocycles. The summed E-state index contributed by atoms with van der Waals surface area (Å²) in [4.78, 5) is 22.3. The van der Waals surface area contributed by atoms with Crippen LogP contribution in [0.3, 0.4) is 0 Å². The van der Waals surface area contributed by atoms with Gasteiger partial charge in [-0.1, -0.05) is 29.2 Å². The number of carbonyl (C=O) groups is 1. The molecule has 0 saturated carbocycles. The van der Waals surface area contributed by atoms with Crippen molar-refractivity contribution in [2.24, 2.45) is 0 Å². The van der Waals surface area contributed by atoms with Crippen LogP contribution in [0.4, 0.5) is 16.5 Å². The highest BCUT2D eigenvalue weighted by Gasteiger charge is 2.17. The Balaban J connectivity index is 1.90. The second-order valence-corrected chi connectivity index (χ2v) is 7.16. The Morgan fingerprint density at radius 3 is 2.79 bits per heavy atom. The van der Waals surface area contributed by atoms with E-state index >= 15 is 0 Å². The number of hydrogen-bond acceptors (Lipinski definition) is 8. The molecule has 24 heavy (non-hydrogen) atoms. The molecule has 0 bridgehead atoms. The Bertz CT molecular complexity index is 732. The number of rotatable bonds is 8. The van der Waals surface area contributed by atoms with Gasteiger partial charge in [-0.25, -0.2) is 0 Å². The molecule has 2 aromatic rings. The average molecular weight is 365 g/mol. The molecular formula is C14H15N5O3S2. The second-order valence-electron chi connectivity index (χ2n) is 4.60. The molecule has 0 fully saturated rings. The number of benzene rings is 1. The van der Waals surface area contributed by atoms with Crippen molar-refractivity contribution in [3.05, 3.63) is 47.0 Å². The first-order chi connectivity index (χ1) is 11.5. The first kappa shape index (κ1) is 17.9. The number of nitrogens with one attached hydrogen (secondary N) is 2. The molecule has 2 N–H and O–H groups in total. The number of nitro benzene ring substituents is 1. The number of thioether (sulfide) groups is 1. The zero-order valence-corrected chi connectivity index (χ0v) is 14.4. The summed E-state index contributed by atoms with van der Waals surface area (Å²) in [6, 6.07) is 5.68. The minimum Gasteiger partial charge on any atom is -0.357 e. The highest BCUT2D eigenvalue weighted by Crippen LogP contribution is 2.29. The maximum Gasteiger partial charge on any atom is 0.269 e. The first-order valence-corrected chi connectivity index (χ1v) is 8.59. The number of aromatic nitrogens is 2. The van der Waals surface area contributed by atoms with Gasteiger partial charge in [0, 0.05) is 24.4 Å². The zero-order valence-electron chi connectivity index (χ0n) is 12.8. The highest BCUT2D eigenvalue weighted by atomic mass is 32.2. The van der Waals surface area contributed by atoms with Gasteiger partial charge < -0.3 is 10.6 Å². The van der Waals surface area contributed by atoms with Gasteiger partial charge in [0.05, 0.1) is 10.2 Å². The van der Waals surface area contributed by atoms with Gasteiger partial charge in [0.25, 0.3) is 5.69 Å². The van der Waals surface area contributed by atoms with Crippen LogP contribution >= 0.6 is 23.1 Å². The van der Waals surface area contributed by atoms with Gasteiger partial charge in [-0.05, 0) is 19.1 Å². The lowest BCUT2D eigenvalue weighted by Crippen LogP contribution is -2.22. The Kier molecular flexibility index (Phi) is 6.27. The molecule has 2 rings (SSSR count). The van der Waals surface area contributed by atoms with Crippen LogP contribution in [0.1, 0.15) is 6.92 Å². The number of hydrogen-bond donors (Lipinski definition) is 2. The number of anilines is 2. The van der Waals surface area contributed by atoms with E-state index in [4.69, 9.17) is 0 Å². The first-order valence-electron chi connectivity index (χ1n) is 6.90. The van der Waals surface area contributed by atoms with E-state index in [2.05, 4.69) is 27.4 Å². The fraction of sp³-hybridized carbons (Fsp3) is 0.214. The van der Waals surface area contributed by atoms with E-state index in [-0.39, 0.29) is 16.8 Å². The molecule has 1 heterocycles. The molecular weight excluding hydrogens is 350 g/mol. The Morgan fingerprint density at radius 2 is 2.17 bits per heavy atom. The molecule has 1 amide bonds. The fourth-order valence-corrected chi connectivity index (χ4v) is 3.51. The SMILES string of the molecule is C=CCNc1nnc(SC(C)C(=O)Nc2ccc([N+](=O)[O-])cc2)s1. The molecule has 0 aliphatic rings. The molecule has 0 aliphatic heterocycles. The maximum atomic E-state index is 12.2. The van der Waals surface area contributed by atoms with Gasteiger partial charge in [-0.2, -0.15) is 0 Å². The van der Waals surface area contributed by atoms with Gasteiger partial charge in [0.15, 0.2) is 4.34 Å². The average Bonchev–Trinajstić information content (AvgIpc) is 3.00. The number of nitrogens with zero attached hydrogens (tertiary/aromatic N) is 3. The lowest BCUT2D eigenvalue weighted by Gasteiger charge is -2.10. The van der Waals surface area contributed by atoms with E-state index in [9.17, 15) is 14.9 Å². The minimum atomic E-state index is -0.489. The molecule has 1 atom stereocenters. The number of amides is 1. The van der Waals surface area contributed by atoms with Gasteiger partial charge in [0.2, 0.25) is 11.0 Å². The van der Waals surface area contributed by atoms with Crippen LogP contribution in [0.5, 0.6) is 0 Å². The maximum absolute atomic E-state index is 12.2. The van der Waals surface area contributed by atoms with Crippen molar-refractivity contribution in [2.75, 3.05) is 17.2 Å². The predicted octanol–water partition coefficient (Wildman–Crippen LogP) is 3.16. The van der Waals surface area contributed by atoms with Crippen LogP contribution in [-0.4, -0.2) is 32.8 Å². The van der Waals surface area contributed by atoms with Crippen LogP contribution in [0.25, 0.3) is 0 Å². The molecule has 1 unspecified atom stereocenters. The van der Waals surface area contributed by atoms with E-state index in [1.54, 1.807) is 13.0 Å². The van der Waals surface area contributed by atoms with Crippen molar-refractivity contribution in [3.63, 3.8) is 0 Å². The zero-order chi connectivity index (χ0) is 17.5. The minimum absolute atomic E-state index is 0.0242. The quantitative estimate of drug-likeness (QED) is 0.320. The summed E-state index contributed by atoms with van der Waals surface area (Å²) in [6.45, 7) is 5.95. The van der Waals surface area contributed by atoms with Gasteiger partial charge >= 0.3 is 0 Å². The summed E-state index contributed by atoms with van der Waals surface area (Å²) in [5.41, 5.74) is 0.479. The van der Waals surface area contributed by atoms with E-state index in [1.807, 2.05) is 0 Å². The van der Waals surface area contributed by atoms with E-state index in [1.165, 1.54) is 47.4 Å². The van der Waals surface area contributed by atoms with Gasteiger partial charge in [-0.3, -0.25) is 14.9 Å². The summed E-state index contributed by atoms with van der Waals surface area (Å²) in [5, 5.41) is 24.6. The third kappa shape index (κ3) is 5.03. The van der Waals surface area contributed by atoms with Crippen LogP contribution in [0.15, 0.2) is 41.3 Å². The Morgan fingerprint density at radius 1 is 1.46 bits per heavy atom. The number of non-ortho nitro benzene ring substituents is 1. The lowest BCUT2D eigenvalue weighted by atomic mass is 10.3. The summed E-state index contributed by atoms with van der Waals surface area (Å²) in [5.74, 6) is -0.218. The number of carbonyl (C=O) groups excluding carboxylic acids is 1. The Labute approximate surface area is 146 Å². The molecule has 0 aliphatic carbocycles. The molecule has 0 spiro atoms.